The summed E-state index contributed by atoms with van der Waals surface area (Å²) in [5.41, 5.74) is 2.91. The van der Waals surface area contributed by atoms with Gasteiger partial charge < -0.3 is 9.84 Å². The van der Waals surface area contributed by atoms with Gasteiger partial charge >= 0.3 is 0 Å². The number of aromatic nitrogens is 2. The summed E-state index contributed by atoms with van der Waals surface area (Å²) in [4.78, 5) is 4.65. The molecular formula is C22H20N4O. The van der Waals surface area contributed by atoms with Crippen LogP contribution in [-0.2, 0) is 5.41 Å². The molecular weight excluding hydrogens is 336 g/mol. The van der Waals surface area contributed by atoms with Gasteiger partial charge in [-0.2, -0.15) is 10.2 Å². The molecule has 134 valence electrons. The lowest BCUT2D eigenvalue weighted by Crippen LogP contribution is -2.29. The highest BCUT2D eigenvalue weighted by Gasteiger charge is 2.51. The molecule has 5 nitrogen and oxygen atoms in total. The molecule has 1 aromatic heterocycles. The zero-order valence-corrected chi connectivity index (χ0v) is 14.9. The second-order valence-corrected chi connectivity index (χ2v) is 7.63. The molecule has 2 atom stereocenters. The van der Waals surface area contributed by atoms with Gasteiger partial charge in [0.2, 0.25) is 11.7 Å². The van der Waals surface area contributed by atoms with Crippen molar-refractivity contribution in [2.24, 2.45) is 0 Å². The van der Waals surface area contributed by atoms with Crippen LogP contribution in [0.1, 0.15) is 42.2 Å². The van der Waals surface area contributed by atoms with Crippen molar-refractivity contribution < 1.29 is 4.52 Å². The molecule has 5 rings (SSSR count). The molecule has 2 aliphatic rings. The van der Waals surface area contributed by atoms with Crippen LogP contribution in [0.5, 0.6) is 0 Å². The van der Waals surface area contributed by atoms with Crippen LogP contribution in [-0.4, -0.2) is 22.7 Å². The highest BCUT2D eigenvalue weighted by Crippen LogP contribution is 2.49. The summed E-state index contributed by atoms with van der Waals surface area (Å²) in [6.07, 6.45) is 3.36. The number of nitriles is 1. The molecule has 1 N–H and O–H groups in total. The van der Waals surface area contributed by atoms with Crippen molar-refractivity contribution in [2.75, 3.05) is 6.54 Å². The van der Waals surface area contributed by atoms with Gasteiger partial charge in [0, 0.05) is 24.1 Å². The lowest BCUT2D eigenvalue weighted by atomic mass is 10.1. The second-order valence-electron chi connectivity index (χ2n) is 7.63. The van der Waals surface area contributed by atoms with Gasteiger partial charge in [0.05, 0.1) is 17.0 Å². The highest BCUT2D eigenvalue weighted by atomic mass is 16.5. The molecule has 3 aromatic rings. The van der Waals surface area contributed by atoms with E-state index < -0.39 is 0 Å². The Morgan fingerprint density at radius 1 is 1.11 bits per heavy atom. The third-order valence-corrected chi connectivity index (χ3v) is 5.73. The van der Waals surface area contributed by atoms with E-state index in [9.17, 15) is 0 Å². The normalized spacial score (nSPS) is 22.2. The predicted molar refractivity (Wildman–Crippen MR) is 101 cm³/mol. The Labute approximate surface area is 158 Å². The largest absolute Gasteiger partial charge is 0.338 e. The molecule has 0 bridgehead atoms. The average molecular weight is 356 g/mol. The quantitative estimate of drug-likeness (QED) is 0.727. The van der Waals surface area contributed by atoms with Crippen molar-refractivity contribution in [1.29, 1.82) is 5.26 Å². The maximum atomic E-state index is 8.91. The van der Waals surface area contributed by atoms with Gasteiger partial charge in [-0.05, 0) is 49.1 Å². The van der Waals surface area contributed by atoms with Gasteiger partial charge in [0.25, 0.3) is 0 Å². The fraction of sp³-hybridized carbons (Fsp3) is 0.318. The monoisotopic (exact) mass is 356 g/mol. The summed E-state index contributed by atoms with van der Waals surface area (Å²) < 4.78 is 5.60. The van der Waals surface area contributed by atoms with Crippen LogP contribution in [0.4, 0.5) is 0 Å². The fourth-order valence-corrected chi connectivity index (χ4v) is 3.68. The minimum atomic E-state index is -0.0122. The van der Waals surface area contributed by atoms with E-state index in [4.69, 9.17) is 9.78 Å². The standard InChI is InChI=1S/C22H20N4O/c23-13-15-6-8-17(9-7-15)20-25-21(27-26-20)22(10-11-22)14-24-19-12-18(19)16-4-2-1-3-5-16/h1-9,18-19,24H,10-12,14H2. The lowest BCUT2D eigenvalue weighted by molar-refractivity contribution is 0.338. The van der Waals surface area contributed by atoms with E-state index in [1.54, 1.807) is 12.1 Å². The number of rotatable bonds is 6. The Morgan fingerprint density at radius 2 is 1.89 bits per heavy atom. The van der Waals surface area contributed by atoms with Crippen molar-refractivity contribution in [2.45, 2.75) is 36.6 Å². The molecule has 5 heteroatoms. The molecule has 0 aliphatic heterocycles. The summed E-state index contributed by atoms with van der Waals surface area (Å²) in [6, 6.07) is 20.6. The van der Waals surface area contributed by atoms with Crippen LogP contribution in [0.15, 0.2) is 59.1 Å². The smallest absolute Gasteiger partial charge is 0.234 e. The summed E-state index contributed by atoms with van der Waals surface area (Å²) >= 11 is 0. The van der Waals surface area contributed by atoms with E-state index in [0.717, 1.165) is 30.8 Å². The Morgan fingerprint density at radius 3 is 2.59 bits per heavy atom. The Balaban J connectivity index is 1.24. The maximum absolute atomic E-state index is 8.91. The van der Waals surface area contributed by atoms with Gasteiger partial charge in [-0.3, -0.25) is 0 Å². The molecule has 1 heterocycles. The van der Waals surface area contributed by atoms with Crippen LogP contribution in [0.2, 0.25) is 0 Å². The first-order valence-corrected chi connectivity index (χ1v) is 9.40. The summed E-state index contributed by atoms with van der Waals surface area (Å²) in [7, 11) is 0. The molecule has 2 saturated carbocycles. The average Bonchev–Trinajstić information content (AvgIpc) is 3.64. The SMILES string of the molecule is N#Cc1ccc(-c2noc(C3(CNC4CC4c4ccccc4)CC3)n2)cc1. The third-order valence-electron chi connectivity index (χ3n) is 5.73. The molecule has 2 aromatic carbocycles. The topological polar surface area (TPSA) is 74.7 Å². The molecule has 2 fully saturated rings. The number of hydrogen-bond donors (Lipinski definition) is 1. The van der Waals surface area contributed by atoms with Crippen molar-refractivity contribution in [3.63, 3.8) is 0 Å². The first-order valence-electron chi connectivity index (χ1n) is 9.40. The summed E-state index contributed by atoms with van der Waals surface area (Å²) in [6.45, 7) is 0.885. The number of benzene rings is 2. The molecule has 2 unspecified atom stereocenters. The van der Waals surface area contributed by atoms with E-state index in [0.29, 0.717) is 23.3 Å². The van der Waals surface area contributed by atoms with Crippen LogP contribution in [0.3, 0.4) is 0 Å². The van der Waals surface area contributed by atoms with Gasteiger partial charge in [-0.25, -0.2) is 0 Å². The predicted octanol–water partition coefficient (Wildman–Crippen LogP) is 3.79. The number of nitrogens with zero attached hydrogens (tertiary/aromatic N) is 3. The first-order chi connectivity index (χ1) is 13.3. The maximum Gasteiger partial charge on any atom is 0.234 e. The number of hydrogen-bond acceptors (Lipinski definition) is 5. The number of nitrogens with one attached hydrogen (secondary N) is 1. The molecule has 0 radical (unpaired) electrons. The van der Waals surface area contributed by atoms with Gasteiger partial charge in [-0.15, -0.1) is 0 Å². The summed E-state index contributed by atoms with van der Waals surface area (Å²) in [5, 5.41) is 16.8. The second kappa shape index (κ2) is 6.33. The lowest BCUT2D eigenvalue weighted by Gasteiger charge is -2.11. The zero-order valence-electron chi connectivity index (χ0n) is 14.9. The van der Waals surface area contributed by atoms with E-state index in [1.807, 2.05) is 12.1 Å². The van der Waals surface area contributed by atoms with Crippen molar-refractivity contribution >= 4 is 0 Å². The summed E-state index contributed by atoms with van der Waals surface area (Å²) in [5.74, 6) is 1.94. The Kier molecular flexibility index (Phi) is 3.80. The van der Waals surface area contributed by atoms with E-state index in [1.165, 1.54) is 12.0 Å². The van der Waals surface area contributed by atoms with Gasteiger partial charge in [0.15, 0.2) is 0 Å². The first kappa shape index (κ1) is 16.2. The molecule has 2 aliphatic carbocycles. The van der Waals surface area contributed by atoms with E-state index in [2.05, 4.69) is 51.9 Å². The molecule has 27 heavy (non-hydrogen) atoms. The molecule has 0 amide bonds. The minimum Gasteiger partial charge on any atom is -0.338 e. The minimum absolute atomic E-state index is 0.0122. The van der Waals surface area contributed by atoms with Crippen molar-refractivity contribution in [3.05, 3.63) is 71.6 Å². The van der Waals surface area contributed by atoms with Crippen LogP contribution >= 0.6 is 0 Å². The van der Waals surface area contributed by atoms with Crippen LogP contribution in [0.25, 0.3) is 11.4 Å². The Bertz CT molecular complexity index is 983. The molecule has 0 saturated heterocycles. The van der Waals surface area contributed by atoms with Gasteiger partial charge in [0.1, 0.15) is 0 Å². The van der Waals surface area contributed by atoms with Crippen LogP contribution in [0, 0.1) is 11.3 Å². The van der Waals surface area contributed by atoms with Crippen molar-refractivity contribution in [3.8, 4) is 17.5 Å². The van der Waals surface area contributed by atoms with Crippen LogP contribution < -0.4 is 5.32 Å². The zero-order chi connectivity index (χ0) is 18.3. The third kappa shape index (κ3) is 3.13. The fourth-order valence-electron chi connectivity index (χ4n) is 3.68. The molecule has 0 spiro atoms. The van der Waals surface area contributed by atoms with E-state index >= 15 is 0 Å². The Hall–Kier alpha value is -2.97. The van der Waals surface area contributed by atoms with Crippen molar-refractivity contribution in [1.82, 2.24) is 15.5 Å². The highest BCUT2D eigenvalue weighted by molar-refractivity contribution is 5.56. The van der Waals surface area contributed by atoms with Gasteiger partial charge in [-0.1, -0.05) is 35.5 Å². The van der Waals surface area contributed by atoms with E-state index in [-0.39, 0.29) is 5.41 Å².